The number of hydrogen-bond donors (Lipinski definition) is 5. The maximum atomic E-state index is 12.7. The van der Waals surface area contributed by atoms with Crippen LogP contribution in [0.4, 0.5) is 5.82 Å². The summed E-state index contributed by atoms with van der Waals surface area (Å²) in [5.41, 5.74) is 4.51. The highest BCUT2D eigenvalue weighted by Crippen LogP contribution is 2.49. The standard InChI is InChI=1S/C19H23N7O12P/c20-16-15-17(22-6-21-16)26(7-23-15)14-2-9(11(4-27)35-14)38-39(32,33)34-5-12-8(28)1-13(36-12)25-3-10(37-31)18(29)24-19(25)30/h3,6-9,11-14,27-28H,1-2,4-5H2,(H,32,33)(H2,20,21,22)(H,24,29,30)/t8-,9-,11+,12+,13+,14+/m0/s1. The van der Waals surface area contributed by atoms with E-state index in [2.05, 4.69) is 19.8 Å². The number of aromatic amines is 1. The minimum Gasteiger partial charge on any atom is -0.394 e. The summed E-state index contributed by atoms with van der Waals surface area (Å²) < 4.78 is 36.6. The van der Waals surface area contributed by atoms with Gasteiger partial charge in [0.1, 0.15) is 42.6 Å². The van der Waals surface area contributed by atoms with Crippen LogP contribution in [0.5, 0.6) is 5.75 Å². The van der Waals surface area contributed by atoms with Crippen LogP contribution in [0.15, 0.2) is 28.4 Å². The molecule has 3 aromatic rings. The molecule has 19 nitrogen and oxygen atoms in total. The lowest BCUT2D eigenvalue weighted by Gasteiger charge is -2.21. The van der Waals surface area contributed by atoms with Gasteiger partial charge in [0.25, 0.3) is 5.56 Å². The average molecular weight is 572 g/mol. The predicted octanol–water partition coefficient (Wildman–Crippen LogP) is -1.89. The van der Waals surface area contributed by atoms with Gasteiger partial charge in [0.2, 0.25) is 5.75 Å². The smallest absolute Gasteiger partial charge is 0.394 e. The number of nitrogens with zero attached hydrogens (tertiary/aromatic N) is 5. The van der Waals surface area contributed by atoms with Gasteiger partial charge in [-0.15, -0.1) is 0 Å². The number of aromatic nitrogens is 6. The Kier molecular flexibility index (Phi) is 7.51. The predicted molar refractivity (Wildman–Crippen MR) is 123 cm³/mol. The molecule has 211 valence electrons. The summed E-state index contributed by atoms with van der Waals surface area (Å²) in [6, 6.07) is 0. The molecular formula is C19H23N7O12P. The van der Waals surface area contributed by atoms with Gasteiger partial charge >= 0.3 is 13.5 Å². The molecule has 0 bridgehead atoms. The molecule has 2 aliphatic heterocycles. The minimum atomic E-state index is -4.78. The highest BCUT2D eigenvalue weighted by molar-refractivity contribution is 7.47. The minimum absolute atomic E-state index is 0.0123. The number of phosphoric ester groups is 1. The number of nitrogens with two attached hydrogens (primary N) is 1. The van der Waals surface area contributed by atoms with E-state index < -0.39 is 74.9 Å². The number of nitrogens with one attached hydrogen (secondary N) is 1. The molecular weight excluding hydrogens is 549 g/mol. The van der Waals surface area contributed by atoms with E-state index in [9.17, 15) is 34.5 Å². The second kappa shape index (κ2) is 10.7. The lowest BCUT2D eigenvalue weighted by molar-refractivity contribution is -0.210. The Balaban J connectivity index is 1.22. The van der Waals surface area contributed by atoms with Crippen LogP contribution >= 0.6 is 7.82 Å². The second-order valence-electron chi connectivity index (χ2n) is 8.71. The van der Waals surface area contributed by atoms with E-state index in [-0.39, 0.29) is 18.7 Å². The maximum absolute atomic E-state index is 12.7. The van der Waals surface area contributed by atoms with Crippen molar-refractivity contribution < 1.29 is 48.3 Å². The SMILES string of the molecule is Nc1ncnc2c1ncn2[C@H]1C[C@H](OP(=O)(O)OC[C@H]2O[C@@H](n3cc(O[O])c(=O)[nH]c3=O)C[C@@H]2O)[C@@H](CO)O1. The van der Waals surface area contributed by atoms with E-state index >= 15 is 0 Å². The Hall–Kier alpha value is -3.26. The van der Waals surface area contributed by atoms with Gasteiger partial charge in [-0.1, -0.05) is 0 Å². The monoisotopic (exact) mass is 572 g/mol. The first-order valence-corrected chi connectivity index (χ1v) is 12.9. The van der Waals surface area contributed by atoms with Crippen LogP contribution in [-0.4, -0.2) is 81.8 Å². The molecule has 0 spiro atoms. The summed E-state index contributed by atoms with van der Waals surface area (Å²) in [6.45, 7) is -1.17. The average Bonchev–Trinajstić information content (AvgIpc) is 3.59. The van der Waals surface area contributed by atoms with Gasteiger partial charge in [-0.2, -0.15) is 0 Å². The van der Waals surface area contributed by atoms with Crippen molar-refractivity contribution in [1.82, 2.24) is 29.1 Å². The van der Waals surface area contributed by atoms with Crippen molar-refractivity contribution in [2.75, 3.05) is 18.9 Å². The van der Waals surface area contributed by atoms with Crippen molar-refractivity contribution in [3.8, 4) is 5.75 Å². The van der Waals surface area contributed by atoms with Gasteiger partial charge in [-0.05, 0) is 0 Å². The molecule has 0 amide bonds. The van der Waals surface area contributed by atoms with E-state index in [1.807, 2.05) is 4.98 Å². The second-order valence-corrected chi connectivity index (χ2v) is 10.1. The Morgan fingerprint density at radius 1 is 1.15 bits per heavy atom. The fraction of sp³-hybridized carbons (Fsp3) is 0.526. The number of hydrogen-bond acceptors (Lipinski definition) is 14. The van der Waals surface area contributed by atoms with Crippen LogP contribution in [0.3, 0.4) is 0 Å². The highest BCUT2D eigenvalue weighted by atomic mass is 31.2. The Morgan fingerprint density at radius 2 is 1.90 bits per heavy atom. The van der Waals surface area contributed by atoms with E-state index in [1.54, 1.807) is 0 Å². The van der Waals surface area contributed by atoms with Crippen molar-refractivity contribution in [1.29, 1.82) is 0 Å². The number of aliphatic hydroxyl groups excluding tert-OH is 2. The molecule has 0 aromatic carbocycles. The van der Waals surface area contributed by atoms with Gasteiger partial charge in [0, 0.05) is 18.1 Å². The van der Waals surface area contributed by atoms with E-state index in [0.717, 1.165) is 10.8 Å². The van der Waals surface area contributed by atoms with Gasteiger partial charge in [-0.25, -0.2) is 24.3 Å². The van der Waals surface area contributed by atoms with Gasteiger partial charge in [-0.3, -0.25) is 32.8 Å². The fourth-order valence-corrected chi connectivity index (χ4v) is 5.33. The van der Waals surface area contributed by atoms with Gasteiger partial charge < -0.3 is 30.3 Å². The van der Waals surface area contributed by atoms with Crippen LogP contribution < -0.4 is 21.9 Å². The number of ether oxygens (including phenoxy) is 2. The van der Waals surface area contributed by atoms with E-state index in [4.69, 9.17) is 24.3 Å². The summed E-state index contributed by atoms with van der Waals surface area (Å²) in [4.78, 5) is 51.6. The summed E-state index contributed by atoms with van der Waals surface area (Å²) in [5.74, 6) is -0.546. The fourth-order valence-electron chi connectivity index (χ4n) is 4.37. The first-order valence-electron chi connectivity index (χ1n) is 11.4. The van der Waals surface area contributed by atoms with Crippen LogP contribution in [0, 0.1) is 0 Å². The normalized spacial score (nSPS) is 28.6. The van der Waals surface area contributed by atoms with Crippen molar-refractivity contribution >= 4 is 24.8 Å². The lowest BCUT2D eigenvalue weighted by Crippen LogP contribution is -2.33. The molecule has 5 rings (SSSR count). The third kappa shape index (κ3) is 5.44. The summed E-state index contributed by atoms with van der Waals surface area (Å²) in [7, 11) is -4.78. The largest absolute Gasteiger partial charge is 0.472 e. The van der Waals surface area contributed by atoms with Gasteiger partial charge in [0.05, 0.1) is 31.8 Å². The first kappa shape index (κ1) is 27.3. The van der Waals surface area contributed by atoms with Gasteiger partial charge in [0.15, 0.2) is 11.5 Å². The van der Waals surface area contributed by atoms with Crippen molar-refractivity contribution in [3.05, 3.63) is 39.7 Å². The maximum Gasteiger partial charge on any atom is 0.472 e. The number of imidazole rings is 1. The zero-order valence-corrected chi connectivity index (χ0v) is 20.7. The van der Waals surface area contributed by atoms with Crippen molar-refractivity contribution in [3.63, 3.8) is 0 Å². The molecule has 6 N–H and O–H groups in total. The van der Waals surface area contributed by atoms with Crippen LogP contribution in [0.25, 0.3) is 11.2 Å². The molecule has 20 heteroatoms. The molecule has 2 aliphatic rings. The lowest BCUT2D eigenvalue weighted by atomic mass is 10.2. The third-order valence-corrected chi connectivity index (χ3v) is 7.28. The molecule has 0 saturated carbocycles. The van der Waals surface area contributed by atoms with Crippen LogP contribution in [-0.2, 0) is 28.3 Å². The van der Waals surface area contributed by atoms with Crippen molar-refractivity contribution in [2.24, 2.45) is 0 Å². The third-order valence-electron chi connectivity index (χ3n) is 6.27. The summed E-state index contributed by atoms with van der Waals surface area (Å²) in [5, 5.41) is 30.7. The molecule has 39 heavy (non-hydrogen) atoms. The quantitative estimate of drug-likeness (QED) is 0.107. The molecule has 3 aromatic heterocycles. The molecule has 2 fully saturated rings. The van der Waals surface area contributed by atoms with E-state index in [1.165, 1.54) is 17.2 Å². The number of anilines is 1. The number of rotatable bonds is 9. The summed E-state index contributed by atoms with van der Waals surface area (Å²) in [6.07, 6.45) is -3.13. The molecule has 2 saturated heterocycles. The number of phosphoric acid groups is 1. The topological polar surface area (TPSA) is 268 Å². The Bertz CT molecular complexity index is 1510. The van der Waals surface area contributed by atoms with Crippen LogP contribution in [0.1, 0.15) is 25.3 Å². The molecule has 0 aliphatic carbocycles. The molecule has 5 heterocycles. The molecule has 1 radical (unpaired) electrons. The summed E-state index contributed by atoms with van der Waals surface area (Å²) >= 11 is 0. The Morgan fingerprint density at radius 3 is 2.64 bits per heavy atom. The number of fused-ring (bicyclic) bond motifs is 1. The number of H-pyrrole nitrogens is 1. The highest BCUT2D eigenvalue weighted by Gasteiger charge is 2.43. The van der Waals surface area contributed by atoms with E-state index in [0.29, 0.717) is 11.2 Å². The number of aliphatic hydroxyl groups is 2. The first-order chi connectivity index (χ1) is 18.6. The van der Waals surface area contributed by atoms with Crippen LogP contribution in [0.2, 0.25) is 0 Å². The van der Waals surface area contributed by atoms with Crippen molar-refractivity contribution in [2.45, 2.75) is 49.7 Å². The Labute approximate surface area is 216 Å². The number of nitrogen functional groups attached to an aromatic ring is 1. The molecule has 7 atom stereocenters. The zero-order valence-electron chi connectivity index (χ0n) is 19.8. The zero-order chi connectivity index (χ0) is 27.9. The molecule has 1 unspecified atom stereocenters.